The molecule has 1 saturated heterocycles. The first kappa shape index (κ1) is 19.4. The van der Waals surface area contributed by atoms with Crippen molar-refractivity contribution in [3.05, 3.63) is 70.7 Å². The van der Waals surface area contributed by atoms with Crippen molar-refractivity contribution < 1.29 is 9.59 Å². The largest absolute Gasteiger partial charge is 0.350 e. The van der Waals surface area contributed by atoms with Crippen molar-refractivity contribution in [1.29, 1.82) is 0 Å². The topological polar surface area (TPSA) is 49.4 Å². The molecule has 2 aromatic rings. The molecule has 1 N–H and O–H groups in total. The zero-order valence-corrected chi connectivity index (χ0v) is 16.3. The second-order valence-electron chi connectivity index (χ2n) is 7.12. The maximum Gasteiger partial charge on any atom is 0.243 e. The van der Waals surface area contributed by atoms with E-state index in [1.807, 2.05) is 61.5 Å². The molecule has 0 aliphatic carbocycles. The molecule has 0 saturated carbocycles. The maximum absolute atomic E-state index is 12.9. The predicted octanol–water partition coefficient (Wildman–Crippen LogP) is 3.83. The monoisotopic (exact) mass is 384 g/mol. The van der Waals surface area contributed by atoms with E-state index in [0.717, 1.165) is 24.0 Å². The van der Waals surface area contributed by atoms with Crippen LogP contribution in [0.15, 0.2) is 54.6 Å². The fraction of sp³-hybridized carbons (Fsp3) is 0.364. The summed E-state index contributed by atoms with van der Waals surface area (Å²) in [6.07, 6.45) is 2.23. The van der Waals surface area contributed by atoms with E-state index in [9.17, 15) is 9.59 Å². The molecule has 1 fully saturated rings. The summed E-state index contributed by atoms with van der Waals surface area (Å²) in [6, 6.07) is 17.0. The van der Waals surface area contributed by atoms with Gasteiger partial charge in [-0.05, 0) is 42.5 Å². The van der Waals surface area contributed by atoms with E-state index >= 15 is 0 Å². The third-order valence-electron chi connectivity index (χ3n) is 5.02. The maximum atomic E-state index is 12.9. The Morgan fingerprint density at radius 2 is 1.81 bits per heavy atom. The Kier molecular flexibility index (Phi) is 6.51. The molecule has 2 atom stereocenters. The Morgan fingerprint density at radius 3 is 2.52 bits per heavy atom. The lowest BCUT2D eigenvalue weighted by Crippen LogP contribution is -2.47. The molecule has 2 aromatic carbocycles. The summed E-state index contributed by atoms with van der Waals surface area (Å²) in [5.74, 6) is -0.195. The van der Waals surface area contributed by atoms with Crippen molar-refractivity contribution in [2.24, 2.45) is 5.92 Å². The summed E-state index contributed by atoms with van der Waals surface area (Å²) < 4.78 is 0. The number of carbonyl (C=O) groups is 2. The standard InChI is InChI=1S/C22H25ClN2O2/c1-16(14-17-9-11-19(23)12-10-17)22(27)25-13-5-8-20(25)21(26)24-15-18-6-3-2-4-7-18/h2-4,6-7,9-12,16,20H,5,8,13-15H2,1H3,(H,24,26)/t16?,20-/m0/s1. The van der Waals surface area contributed by atoms with Gasteiger partial charge in [0.15, 0.2) is 0 Å². The Hall–Kier alpha value is -2.33. The highest BCUT2D eigenvalue weighted by Crippen LogP contribution is 2.22. The van der Waals surface area contributed by atoms with Crippen molar-refractivity contribution in [3.63, 3.8) is 0 Å². The van der Waals surface area contributed by atoms with Gasteiger partial charge in [0.2, 0.25) is 11.8 Å². The van der Waals surface area contributed by atoms with Gasteiger partial charge in [-0.2, -0.15) is 0 Å². The fourth-order valence-corrected chi connectivity index (χ4v) is 3.68. The van der Waals surface area contributed by atoms with Crippen LogP contribution in [0.3, 0.4) is 0 Å². The van der Waals surface area contributed by atoms with Crippen LogP contribution in [0.5, 0.6) is 0 Å². The highest BCUT2D eigenvalue weighted by Gasteiger charge is 2.35. The summed E-state index contributed by atoms with van der Waals surface area (Å²) in [5, 5.41) is 3.66. The Labute approximate surface area is 165 Å². The lowest BCUT2D eigenvalue weighted by atomic mass is 9.99. The Balaban J connectivity index is 1.58. The van der Waals surface area contributed by atoms with E-state index in [1.54, 1.807) is 4.90 Å². The van der Waals surface area contributed by atoms with Gasteiger partial charge < -0.3 is 10.2 Å². The number of rotatable bonds is 6. The number of hydrogen-bond donors (Lipinski definition) is 1. The molecular weight excluding hydrogens is 360 g/mol. The number of benzene rings is 2. The van der Waals surface area contributed by atoms with Gasteiger partial charge in [0.1, 0.15) is 6.04 Å². The molecule has 1 unspecified atom stereocenters. The summed E-state index contributed by atoms with van der Waals surface area (Å²) in [5.41, 5.74) is 2.13. The summed E-state index contributed by atoms with van der Waals surface area (Å²) in [7, 11) is 0. The van der Waals surface area contributed by atoms with Crippen molar-refractivity contribution in [1.82, 2.24) is 10.2 Å². The van der Waals surface area contributed by atoms with Crippen molar-refractivity contribution in [2.45, 2.75) is 38.8 Å². The van der Waals surface area contributed by atoms with Gasteiger partial charge in [-0.1, -0.05) is 61.0 Å². The van der Waals surface area contributed by atoms with Gasteiger partial charge in [0.05, 0.1) is 0 Å². The molecule has 27 heavy (non-hydrogen) atoms. The smallest absolute Gasteiger partial charge is 0.243 e. The molecule has 1 aliphatic heterocycles. The second kappa shape index (κ2) is 9.05. The molecular formula is C22H25ClN2O2. The second-order valence-corrected chi connectivity index (χ2v) is 7.56. The molecule has 0 bridgehead atoms. The first-order valence-corrected chi connectivity index (χ1v) is 9.79. The van der Waals surface area contributed by atoms with Crippen LogP contribution in [0.2, 0.25) is 5.02 Å². The predicted molar refractivity (Wildman–Crippen MR) is 107 cm³/mol. The molecule has 0 spiro atoms. The lowest BCUT2D eigenvalue weighted by Gasteiger charge is -2.27. The first-order chi connectivity index (χ1) is 13.0. The Morgan fingerprint density at radius 1 is 1.11 bits per heavy atom. The highest BCUT2D eigenvalue weighted by molar-refractivity contribution is 6.30. The minimum Gasteiger partial charge on any atom is -0.350 e. The third-order valence-corrected chi connectivity index (χ3v) is 5.28. The number of nitrogens with zero attached hydrogens (tertiary/aromatic N) is 1. The van der Waals surface area contributed by atoms with E-state index in [2.05, 4.69) is 5.32 Å². The molecule has 0 radical (unpaired) electrons. The summed E-state index contributed by atoms with van der Waals surface area (Å²) in [6.45, 7) is 3.06. The van der Waals surface area contributed by atoms with Gasteiger partial charge in [-0.3, -0.25) is 9.59 Å². The number of nitrogens with one attached hydrogen (secondary N) is 1. The van der Waals surface area contributed by atoms with Gasteiger partial charge in [0, 0.05) is 24.0 Å². The molecule has 2 amide bonds. The third kappa shape index (κ3) is 5.10. The van der Waals surface area contributed by atoms with Crippen LogP contribution in [0.25, 0.3) is 0 Å². The van der Waals surface area contributed by atoms with Gasteiger partial charge in [-0.15, -0.1) is 0 Å². The van der Waals surface area contributed by atoms with E-state index < -0.39 is 0 Å². The molecule has 1 aliphatic rings. The van der Waals surface area contributed by atoms with E-state index in [0.29, 0.717) is 24.5 Å². The number of carbonyl (C=O) groups excluding carboxylic acids is 2. The zero-order chi connectivity index (χ0) is 19.2. The van der Waals surface area contributed by atoms with E-state index in [4.69, 9.17) is 11.6 Å². The number of hydrogen-bond acceptors (Lipinski definition) is 2. The number of amides is 2. The highest BCUT2D eigenvalue weighted by atomic mass is 35.5. The van der Waals surface area contributed by atoms with E-state index in [-0.39, 0.29) is 23.8 Å². The average molecular weight is 385 g/mol. The van der Waals surface area contributed by atoms with Crippen molar-refractivity contribution >= 4 is 23.4 Å². The Bertz CT molecular complexity index is 777. The SMILES string of the molecule is CC(Cc1ccc(Cl)cc1)C(=O)N1CCC[C@H]1C(=O)NCc1ccccc1. The molecule has 1 heterocycles. The van der Waals surface area contributed by atoms with Crippen LogP contribution in [0.1, 0.15) is 30.9 Å². The van der Waals surface area contributed by atoms with Crippen LogP contribution in [-0.2, 0) is 22.6 Å². The molecule has 0 aromatic heterocycles. The molecule has 142 valence electrons. The van der Waals surface area contributed by atoms with Crippen LogP contribution in [0, 0.1) is 5.92 Å². The van der Waals surface area contributed by atoms with E-state index in [1.165, 1.54) is 0 Å². The lowest BCUT2D eigenvalue weighted by molar-refractivity contribution is -0.141. The number of halogens is 1. The normalized spacial score (nSPS) is 17.6. The van der Waals surface area contributed by atoms with Gasteiger partial charge in [-0.25, -0.2) is 0 Å². The van der Waals surface area contributed by atoms with Crippen molar-refractivity contribution in [2.75, 3.05) is 6.54 Å². The fourth-order valence-electron chi connectivity index (χ4n) is 3.55. The summed E-state index contributed by atoms with van der Waals surface area (Å²) >= 11 is 5.92. The summed E-state index contributed by atoms with van der Waals surface area (Å²) in [4.78, 5) is 27.3. The van der Waals surface area contributed by atoms with Crippen LogP contribution >= 0.6 is 11.6 Å². The van der Waals surface area contributed by atoms with Gasteiger partial charge in [0.25, 0.3) is 0 Å². The minimum absolute atomic E-state index is 0.0438. The minimum atomic E-state index is -0.367. The average Bonchev–Trinajstić information content (AvgIpc) is 3.18. The van der Waals surface area contributed by atoms with Crippen molar-refractivity contribution in [3.8, 4) is 0 Å². The van der Waals surface area contributed by atoms with Crippen LogP contribution in [0.4, 0.5) is 0 Å². The molecule has 3 rings (SSSR count). The van der Waals surface area contributed by atoms with Crippen LogP contribution in [-0.4, -0.2) is 29.3 Å². The van der Waals surface area contributed by atoms with Gasteiger partial charge >= 0.3 is 0 Å². The van der Waals surface area contributed by atoms with Crippen LogP contribution < -0.4 is 5.32 Å². The first-order valence-electron chi connectivity index (χ1n) is 9.41. The quantitative estimate of drug-likeness (QED) is 0.822. The molecule has 5 heteroatoms. The number of likely N-dealkylation sites (tertiary alicyclic amines) is 1. The molecule has 4 nitrogen and oxygen atoms in total. The zero-order valence-electron chi connectivity index (χ0n) is 15.5.